The van der Waals surface area contributed by atoms with Gasteiger partial charge in [-0.15, -0.1) is 23.1 Å². The molecule has 0 saturated carbocycles. The second-order valence-corrected chi connectivity index (χ2v) is 10.2. The van der Waals surface area contributed by atoms with Crippen molar-refractivity contribution in [2.75, 3.05) is 33.5 Å². The van der Waals surface area contributed by atoms with Crippen LogP contribution in [0.25, 0.3) is 22.9 Å². The fourth-order valence-electron chi connectivity index (χ4n) is 3.40. The highest BCUT2D eigenvalue weighted by molar-refractivity contribution is 8.01. The lowest BCUT2D eigenvalue weighted by atomic mass is 10.0. The van der Waals surface area contributed by atoms with Crippen LogP contribution in [0, 0.1) is 0 Å². The van der Waals surface area contributed by atoms with Crippen LogP contribution in [0.4, 0.5) is 0 Å². The average molecular weight is 480 g/mol. The van der Waals surface area contributed by atoms with E-state index in [0.717, 1.165) is 33.5 Å². The molecule has 170 valence electrons. The van der Waals surface area contributed by atoms with E-state index < -0.39 is 0 Å². The van der Waals surface area contributed by atoms with Gasteiger partial charge in [0.25, 0.3) is 11.1 Å². The van der Waals surface area contributed by atoms with Crippen molar-refractivity contribution in [1.29, 1.82) is 0 Å². The van der Waals surface area contributed by atoms with Gasteiger partial charge in [-0.2, -0.15) is 0 Å². The minimum atomic E-state index is -0.368. The molecule has 0 fully saturated rings. The predicted octanol–water partition coefficient (Wildman–Crippen LogP) is 2.60. The topological polar surface area (TPSA) is 78.2 Å². The maximum atomic E-state index is 12.8. The number of rotatable bonds is 7. The van der Waals surface area contributed by atoms with E-state index in [1.54, 1.807) is 42.4 Å². The molecule has 0 spiro atoms. The molecule has 6 nitrogen and oxygen atoms in total. The number of thiophene rings is 1. The zero-order chi connectivity index (χ0) is 23.4. The molecule has 0 bridgehead atoms. The number of hydrogen-bond donors (Lipinski definition) is 2. The minimum absolute atomic E-state index is 0.179. The van der Waals surface area contributed by atoms with Crippen LogP contribution in [0.5, 0.6) is 5.75 Å². The predicted molar refractivity (Wildman–Crippen MR) is 138 cm³/mol. The Morgan fingerprint density at radius 1 is 0.970 bits per heavy atom. The van der Waals surface area contributed by atoms with Crippen LogP contribution in [0.2, 0.25) is 0 Å². The summed E-state index contributed by atoms with van der Waals surface area (Å²) in [7, 11) is 5.68. The molecule has 0 saturated heterocycles. The quantitative estimate of drug-likeness (QED) is 0.399. The fraction of sp³-hybridized carbons (Fsp3) is 0.200. The number of ether oxygens (including phenoxy) is 1. The number of hydrogen-bond acceptors (Lipinski definition) is 6. The number of H-pyrrole nitrogens is 2. The lowest BCUT2D eigenvalue weighted by Crippen LogP contribution is -2.46. The number of benzene rings is 2. The van der Waals surface area contributed by atoms with Gasteiger partial charge in [-0.3, -0.25) is 9.59 Å². The Labute approximate surface area is 199 Å². The number of nitrogens with zero attached hydrogens (tertiary/aromatic N) is 1. The van der Waals surface area contributed by atoms with E-state index in [0.29, 0.717) is 5.75 Å². The summed E-state index contributed by atoms with van der Waals surface area (Å²) in [6.07, 6.45) is 3.37. The highest BCUT2D eigenvalue weighted by Crippen LogP contribution is 2.28. The first-order valence-electron chi connectivity index (χ1n) is 10.4. The van der Waals surface area contributed by atoms with Crippen molar-refractivity contribution in [1.82, 2.24) is 14.9 Å². The SMILES string of the molecule is COc1ccc2ccccc2c1C=c1[nH]c(=O)c(=Cc2ccc(SCCN(C)C)s2)[nH]c1=O. The largest absolute Gasteiger partial charge is 0.496 e. The second-order valence-electron chi connectivity index (χ2n) is 7.74. The van der Waals surface area contributed by atoms with E-state index in [9.17, 15) is 9.59 Å². The van der Waals surface area contributed by atoms with Crippen molar-refractivity contribution in [3.63, 3.8) is 0 Å². The van der Waals surface area contributed by atoms with Crippen molar-refractivity contribution >= 4 is 46.0 Å². The van der Waals surface area contributed by atoms with Gasteiger partial charge in [0, 0.05) is 22.7 Å². The number of fused-ring (bicyclic) bond motifs is 1. The van der Waals surface area contributed by atoms with Gasteiger partial charge in [0.1, 0.15) is 16.4 Å². The van der Waals surface area contributed by atoms with E-state index in [4.69, 9.17) is 4.74 Å². The Hall–Kier alpha value is -3.07. The van der Waals surface area contributed by atoms with Crippen LogP contribution >= 0.6 is 23.1 Å². The first-order valence-corrected chi connectivity index (χ1v) is 12.2. The Bertz CT molecular complexity index is 1520. The van der Waals surface area contributed by atoms with Crippen molar-refractivity contribution in [3.05, 3.63) is 90.4 Å². The average Bonchev–Trinajstić information content (AvgIpc) is 3.24. The molecule has 2 aromatic carbocycles. The molecule has 0 aliphatic carbocycles. The molecule has 4 rings (SSSR count). The van der Waals surface area contributed by atoms with E-state index >= 15 is 0 Å². The maximum absolute atomic E-state index is 12.8. The monoisotopic (exact) mass is 479 g/mol. The summed E-state index contributed by atoms with van der Waals surface area (Å²) in [5.41, 5.74) is 0.0226. The third kappa shape index (κ3) is 5.47. The summed E-state index contributed by atoms with van der Waals surface area (Å²) >= 11 is 3.37. The van der Waals surface area contributed by atoms with Crippen LogP contribution in [-0.4, -0.2) is 48.4 Å². The molecule has 2 N–H and O–H groups in total. The zero-order valence-corrected chi connectivity index (χ0v) is 20.3. The van der Waals surface area contributed by atoms with Gasteiger partial charge in [-0.1, -0.05) is 30.3 Å². The molecule has 4 aromatic rings. The first kappa shape index (κ1) is 23.1. The van der Waals surface area contributed by atoms with Crippen molar-refractivity contribution in [3.8, 4) is 5.75 Å². The summed E-state index contributed by atoms with van der Waals surface area (Å²) in [6.45, 7) is 0.994. The third-order valence-electron chi connectivity index (χ3n) is 5.10. The fourth-order valence-corrected chi connectivity index (χ4v) is 5.68. The highest BCUT2D eigenvalue weighted by Gasteiger charge is 2.07. The van der Waals surface area contributed by atoms with E-state index in [-0.39, 0.29) is 21.8 Å². The summed E-state index contributed by atoms with van der Waals surface area (Å²) in [5.74, 6) is 1.62. The van der Waals surface area contributed by atoms with E-state index in [1.807, 2.05) is 62.6 Å². The number of thioether (sulfide) groups is 1. The smallest absolute Gasteiger partial charge is 0.272 e. The molecule has 0 amide bonds. The van der Waals surface area contributed by atoms with Crippen molar-refractivity contribution in [2.45, 2.75) is 4.21 Å². The van der Waals surface area contributed by atoms with Gasteiger partial charge in [-0.05, 0) is 55.2 Å². The summed E-state index contributed by atoms with van der Waals surface area (Å²) in [6, 6.07) is 15.7. The molecule has 0 atom stereocenters. The second kappa shape index (κ2) is 10.2. The maximum Gasteiger partial charge on any atom is 0.272 e. The Morgan fingerprint density at radius 2 is 1.70 bits per heavy atom. The zero-order valence-electron chi connectivity index (χ0n) is 18.7. The number of aromatic nitrogens is 2. The van der Waals surface area contributed by atoms with Crippen LogP contribution in [0.1, 0.15) is 10.4 Å². The summed E-state index contributed by atoms with van der Waals surface area (Å²) < 4.78 is 6.67. The lowest BCUT2D eigenvalue weighted by molar-refractivity contribution is 0.414. The van der Waals surface area contributed by atoms with Crippen LogP contribution in [0.15, 0.2) is 62.3 Å². The number of nitrogens with one attached hydrogen (secondary N) is 2. The van der Waals surface area contributed by atoms with Gasteiger partial charge in [0.15, 0.2) is 0 Å². The molecule has 0 unspecified atom stereocenters. The van der Waals surface area contributed by atoms with Gasteiger partial charge in [-0.25, -0.2) is 0 Å². The van der Waals surface area contributed by atoms with E-state index in [1.165, 1.54) is 4.21 Å². The molecule has 2 heterocycles. The van der Waals surface area contributed by atoms with Crippen molar-refractivity contribution < 1.29 is 4.74 Å². The highest BCUT2D eigenvalue weighted by atomic mass is 32.2. The first-order chi connectivity index (χ1) is 15.9. The van der Waals surface area contributed by atoms with E-state index in [2.05, 4.69) is 14.9 Å². The molecular weight excluding hydrogens is 454 g/mol. The number of aromatic amines is 2. The Morgan fingerprint density at radius 3 is 2.42 bits per heavy atom. The van der Waals surface area contributed by atoms with Gasteiger partial charge in [0.2, 0.25) is 0 Å². The summed E-state index contributed by atoms with van der Waals surface area (Å²) in [4.78, 5) is 34.1. The van der Waals surface area contributed by atoms with Crippen LogP contribution in [0.3, 0.4) is 0 Å². The Kier molecular flexibility index (Phi) is 7.17. The molecule has 8 heteroatoms. The van der Waals surface area contributed by atoms with Crippen LogP contribution < -0.4 is 26.6 Å². The molecule has 2 aromatic heterocycles. The summed E-state index contributed by atoms with van der Waals surface area (Å²) in [5, 5.41) is 2.36. The van der Waals surface area contributed by atoms with Gasteiger partial charge in [0.05, 0.1) is 11.3 Å². The standard InChI is InChI=1S/C25H25N3O3S2/c1-28(2)12-13-32-23-11-9-17(33-23)14-20-24(29)27-21(25(30)26-20)15-19-18-7-5-4-6-16(18)8-10-22(19)31-3/h4-11,14-15H,12-13H2,1-3H3,(H,26,30)(H,27,29). The molecular formula is C25H25N3O3S2. The van der Waals surface area contributed by atoms with Gasteiger partial charge >= 0.3 is 0 Å². The van der Waals surface area contributed by atoms with Gasteiger partial charge < -0.3 is 19.6 Å². The minimum Gasteiger partial charge on any atom is -0.496 e. The number of methoxy groups -OCH3 is 1. The molecule has 0 aliphatic rings. The lowest BCUT2D eigenvalue weighted by Gasteiger charge is -2.08. The third-order valence-corrected chi connectivity index (χ3v) is 7.33. The van der Waals surface area contributed by atoms with Crippen molar-refractivity contribution in [2.24, 2.45) is 0 Å². The molecule has 33 heavy (non-hydrogen) atoms. The molecule has 0 aliphatic heterocycles. The van der Waals surface area contributed by atoms with Crippen LogP contribution in [-0.2, 0) is 0 Å². The normalized spacial score (nSPS) is 12.7. The Balaban J connectivity index is 1.72. The molecule has 0 radical (unpaired) electrons.